The zero-order chi connectivity index (χ0) is 16.8. The minimum atomic E-state index is -4.49. The fraction of sp³-hybridized carbons (Fsp3) is 0.267. The summed E-state index contributed by atoms with van der Waals surface area (Å²) >= 11 is 0. The molecule has 1 heterocycles. The summed E-state index contributed by atoms with van der Waals surface area (Å²) in [6, 6.07) is 4.56. The molecule has 0 radical (unpaired) electrons. The maximum atomic E-state index is 12.9. The number of nitrogens with two attached hydrogens (primary N) is 1. The molecular weight excluding hydrogens is 311 g/mol. The van der Waals surface area contributed by atoms with Gasteiger partial charge in [0, 0.05) is 6.42 Å². The van der Waals surface area contributed by atoms with Gasteiger partial charge in [0.2, 0.25) is 0 Å². The SMILES string of the molecule is NC(=O)c1nn(-c2cccc(C(F)(F)F)c2)c2c1C(=O)CCC2. The lowest BCUT2D eigenvalue weighted by Crippen LogP contribution is -2.18. The van der Waals surface area contributed by atoms with E-state index in [4.69, 9.17) is 5.73 Å². The Morgan fingerprint density at radius 3 is 2.65 bits per heavy atom. The summed E-state index contributed by atoms with van der Waals surface area (Å²) in [6.07, 6.45) is -3.24. The van der Waals surface area contributed by atoms with E-state index in [9.17, 15) is 22.8 Å². The van der Waals surface area contributed by atoms with Crippen molar-refractivity contribution in [3.05, 3.63) is 46.8 Å². The molecule has 3 rings (SSSR count). The topological polar surface area (TPSA) is 78.0 Å². The van der Waals surface area contributed by atoms with Gasteiger partial charge in [0.1, 0.15) is 0 Å². The van der Waals surface area contributed by atoms with Crippen molar-refractivity contribution in [3.8, 4) is 5.69 Å². The number of amides is 1. The fourth-order valence-corrected chi connectivity index (χ4v) is 2.72. The molecule has 0 bridgehead atoms. The van der Waals surface area contributed by atoms with Gasteiger partial charge >= 0.3 is 6.18 Å². The number of halogens is 3. The van der Waals surface area contributed by atoms with Crippen LogP contribution in [0, 0.1) is 0 Å². The van der Waals surface area contributed by atoms with Crippen molar-refractivity contribution in [3.63, 3.8) is 0 Å². The highest BCUT2D eigenvalue weighted by molar-refractivity contribution is 6.08. The highest BCUT2D eigenvalue weighted by atomic mass is 19.4. The van der Waals surface area contributed by atoms with Gasteiger partial charge in [-0.15, -0.1) is 0 Å². The van der Waals surface area contributed by atoms with Gasteiger partial charge in [-0.2, -0.15) is 18.3 Å². The molecule has 0 atom stereocenters. The van der Waals surface area contributed by atoms with Crippen molar-refractivity contribution in [2.24, 2.45) is 5.73 Å². The summed E-state index contributed by atoms with van der Waals surface area (Å²) in [6.45, 7) is 0. The summed E-state index contributed by atoms with van der Waals surface area (Å²) in [5, 5.41) is 3.99. The molecule has 1 aromatic carbocycles. The summed E-state index contributed by atoms with van der Waals surface area (Å²) in [4.78, 5) is 23.5. The third kappa shape index (κ3) is 2.60. The van der Waals surface area contributed by atoms with Crippen LogP contribution in [0.1, 0.15) is 44.9 Å². The third-order valence-electron chi connectivity index (χ3n) is 3.73. The Kier molecular flexibility index (Phi) is 3.46. The van der Waals surface area contributed by atoms with Gasteiger partial charge in [-0.25, -0.2) is 4.68 Å². The molecule has 23 heavy (non-hydrogen) atoms. The highest BCUT2D eigenvalue weighted by Crippen LogP contribution is 2.32. The molecule has 0 unspecified atom stereocenters. The number of hydrogen-bond donors (Lipinski definition) is 1. The van der Waals surface area contributed by atoms with E-state index in [1.165, 1.54) is 16.8 Å². The Labute approximate surface area is 128 Å². The molecule has 0 fully saturated rings. The number of rotatable bonds is 2. The lowest BCUT2D eigenvalue weighted by molar-refractivity contribution is -0.137. The molecule has 8 heteroatoms. The molecular formula is C15H12F3N3O2. The largest absolute Gasteiger partial charge is 0.416 e. The van der Waals surface area contributed by atoms with Gasteiger partial charge in [-0.05, 0) is 31.0 Å². The van der Waals surface area contributed by atoms with Crippen LogP contribution in [0.5, 0.6) is 0 Å². The van der Waals surface area contributed by atoms with Gasteiger partial charge in [-0.1, -0.05) is 6.07 Å². The van der Waals surface area contributed by atoms with Crippen molar-refractivity contribution in [2.45, 2.75) is 25.4 Å². The molecule has 1 aromatic heterocycles. The van der Waals surface area contributed by atoms with Crippen LogP contribution in [-0.2, 0) is 12.6 Å². The number of nitrogens with zero attached hydrogens (tertiary/aromatic N) is 2. The molecule has 5 nitrogen and oxygen atoms in total. The zero-order valence-corrected chi connectivity index (χ0v) is 11.9. The second-order valence-corrected chi connectivity index (χ2v) is 5.27. The van der Waals surface area contributed by atoms with Gasteiger partial charge in [0.05, 0.1) is 22.5 Å². The van der Waals surface area contributed by atoms with Crippen LogP contribution in [0.3, 0.4) is 0 Å². The number of Topliss-reactive ketones (excluding diaryl/α,β-unsaturated/α-hetero) is 1. The van der Waals surface area contributed by atoms with Crippen molar-refractivity contribution < 1.29 is 22.8 Å². The molecule has 120 valence electrons. The van der Waals surface area contributed by atoms with Crippen molar-refractivity contribution in [1.29, 1.82) is 0 Å². The predicted octanol–water partition coefficient (Wildman–Crippen LogP) is 2.51. The van der Waals surface area contributed by atoms with Crippen LogP contribution in [-0.4, -0.2) is 21.5 Å². The van der Waals surface area contributed by atoms with E-state index in [1.54, 1.807) is 0 Å². The monoisotopic (exact) mass is 323 g/mol. The zero-order valence-electron chi connectivity index (χ0n) is 11.9. The molecule has 1 amide bonds. The first-order valence-corrected chi connectivity index (χ1v) is 6.91. The van der Waals surface area contributed by atoms with Crippen LogP contribution in [0.15, 0.2) is 24.3 Å². The molecule has 2 N–H and O–H groups in total. The van der Waals surface area contributed by atoms with Gasteiger partial charge in [-0.3, -0.25) is 9.59 Å². The molecule has 0 spiro atoms. The van der Waals surface area contributed by atoms with E-state index < -0.39 is 17.6 Å². The van der Waals surface area contributed by atoms with E-state index >= 15 is 0 Å². The molecule has 0 saturated carbocycles. The Hall–Kier alpha value is -2.64. The number of carbonyl (C=O) groups excluding carboxylic acids is 2. The van der Waals surface area contributed by atoms with Crippen molar-refractivity contribution in [2.75, 3.05) is 0 Å². The Balaban J connectivity index is 2.20. The van der Waals surface area contributed by atoms with E-state index in [2.05, 4.69) is 5.10 Å². The number of carbonyl (C=O) groups is 2. The highest BCUT2D eigenvalue weighted by Gasteiger charge is 2.32. The van der Waals surface area contributed by atoms with E-state index in [1.807, 2.05) is 0 Å². The maximum Gasteiger partial charge on any atom is 0.416 e. The van der Waals surface area contributed by atoms with Crippen molar-refractivity contribution >= 4 is 11.7 Å². The summed E-state index contributed by atoms with van der Waals surface area (Å²) < 4.78 is 39.8. The first-order valence-electron chi connectivity index (χ1n) is 6.91. The van der Waals surface area contributed by atoms with E-state index in [0.717, 1.165) is 12.1 Å². The number of ketones is 1. The summed E-state index contributed by atoms with van der Waals surface area (Å²) in [5.74, 6) is -1.14. The van der Waals surface area contributed by atoms with Crippen LogP contribution in [0.2, 0.25) is 0 Å². The third-order valence-corrected chi connectivity index (χ3v) is 3.73. The average Bonchev–Trinajstić information content (AvgIpc) is 2.88. The van der Waals surface area contributed by atoms with E-state index in [-0.39, 0.29) is 29.1 Å². The van der Waals surface area contributed by atoms with Gasteiger partial charge < -0.3 is 5.73 Å². The van der Waals surface area contributed by atoms with Gasteiger partial charge in [0.15, 0.2) is 11.5 Å². The molecule has 1 aliphatic carbocycles. The predicted molar refractivity (Wildman–Crippen MR) is 74.4 cm³/mol. The van der Waals surface area contributed by atoms with Crippen LogP contribution in [0.25, 0.3) is 5.69 Å². The quantitative estimate of drug-likeness (QED) is 0.922. The Bertz CT molecular complexity index is 809. The normalized spacial score (nSPS) is 14.7. The number of hydrogen-bond acceptors (Lipinski definition) is 3. The van der Waals surface area contributed by atoms with E-state index in [0.29, 0.717) is 18.5 Å². The molecule has 2 aromatic rings. The number of primary amides is 1. The second-order valence-electron chi connectivity index (χ2n) is 5.27. The Morgan fingerprint density at radius 2 is 2.00 bits per heavy atom. The number of aromatic nitrogens is 2. The minimum Gasteiger partial charge on any atom is -0.364 e. The fourth-order valence-electron chi connectivity index (χ4n) is 2.72. The van der Waals surface area contributed by atoms with Crippen LogP contribution < -0.4 is 5.73 Å². The lowest BCUT2D eigenvalue weighted by atomic mass is 9.94. The average molecular weight is 323 g/mol. The summed E-state index contributed by atoms with van der Waals surface area (Å²) in [7, 11) is 0. The second kappa shape index (κ2) is 5.22. The maximum absolute atomic E-state index is 12.9. The molecule has 0 saturated heterocycles. The number of benzene rings is 1. The first kappa shape index (κ1) is 15.3. The smallest absolute Gasteiger partial charge is 0.364 e. The molecule has 1 aliphatic rings. The van der Waals surface area contributed by atoms with Gasteiger partial charge in [0.25, 0.3) is 5.91 Å². The van der Waals surface area contributed by atoms with Crippen molar-refractivity contribution in [1.82, 2.24) is 9.78 Å². The minimum absolute atomic E-state index is 0.126. The number of alkyl halides is 3. The lowest BCUT2D eigenvalue weighted by Gasteiger charge is -2.14. The van der Waals surface area contributed by atoms with Crippen LogP contribution >= 0.6 is 0 Å². The number of fused-ring (bicyclic) bond motifs is 1. The van der Waals surface area contributed by atoms with Crippen LogP contribution in [0.4, 0.5) is 13.2 Å². The first-order chi connectivity index (χ1) is 10.8. The molecule has 0 aliphatic heterocycles. The standard InChI is InChI=1S/C15H12F3N3O2/c16-15(17,18)8-3-1-4-9(7-8)21-10-5-2-6-11(22)12(10)13(20-21)14(19)23/h1,3-4,7H,2,5-6H2,(H2,19,23). The Morgan fingerprint density at radius 1 is 1.26 bits per heavy atom. The summed E-state index contributed by atoms with van der Waals surface area (Å²) in [5.41, 5.74) is 4.91.